The minimum absolute atomic E-state index is 0.0153. The first-order chi connectivity index (χ1) is 15.5. The fourth-order valence-electron chi connectivity index (χ4n) is 4.15. The van der Waals surface area contributed by atoms with Crippen molar-refractivity contribution in [3.63, 3.8) is 0 Å². The molecule has 168 valence electrons. The van der Waals surface area contributed by atoms with Crippen molar-refractivity contribution in [3.05, 3.63) is 53.0 Å². The number of carbonyl (C=O) groups is 2. The van der Waals surface area contributed by atoms with Crippen LogP contribution in [0.15, 0.2) is 30.3 Å². The van der Waals surface area contributed by atoms with Gasteiger partial charge in [-0.25, -0.2) is 0 Å². The van der Waals surface area contributed by atoms with Gasteiger partial charge in [0.1, 0.15) is 11.4 Å². The quantitative estimate of drug-likeness (QED) is 0.525. The summed E-state index contributed by atoms with van der Waals surface area (Å²) in [6.07, 6.45) is 1.38. The second-order valence-electron chi connectivity index (χ2n) is 8.06. The summed E-state index contributed by atoms with van der Waals surface area (Å²) < 4.78 is 5.38. The number of ether oxygens (including phenoxy) is 1. The number of carbonyl (C=O) groups excluding carboxylic acids is 2. The lowest BCUT2D eigenvalue weighted by Gasteiger charge is -2.15. The summed E-state index contributed by atoms with van der Waals surface area (Å²) in [4.78, 5) is 27.2. The van der Waals surface area contributed by atoms with Crippen LogP contribution in [-0.2, 0) is 11.2 Å². The molecule has 32 heavy (non-hydrogen) atoms. The molecule has 4 rings (SSSR count). The average molecular weight is 437 g/mol. The largest absolute Gasteiger partial charge is 0.496 e. The lowest BCUT2D eigenvalue weighted by atomic mass is 10.1. The average Bonchev–Trinajstić information content (AvgIpc) is 3.55. The maximum absolute atomic E-state index is 12.9. The molecule has 1 fully saturated rings. The smallest absolute Gasteiger partial charge is 0.271 e. The Morgan fingerprint density at radius 1 is 1.22 bits per heavy atom. The molecule has 3 heterocycles. The van der Waals surface area contributed by atoms with E-state index in [1.807, 2.05) is 38.1 Å². The molecule has 1 aliphatic rings. The molecule has 2 amide bonds. The summed E-state index contributed by atoms with van der Waals surface area (Å²) in [6, 6.07) is 9.25. The SMILES string of the molecule is COc1ccccc1-c1cc(C(=O)N2CCC(C(=O)NCCc3c(C)n[nH]c3C)C2)[nH]n1. The molecule has 3 N–H and O–H groups in total. The van der Waals surface area contributed by atoms with E-state index >= 15 is 0 Å². The molecule has 1 atom stereocenters. The van der Waals surface area contributed by atoms with Gasteiger partial charge in [0.15, 0.2) is 0 Å². The Balaban J connectivity index is 1.33. The maximum Gasteiger partial charge on any atom is 0.271 e. The van der Waals surface area contributed by atoms with Crippen LogP contribution in [0.5, 0.6) is 5.75 Å². The third-order valence-corrected chi connectivity index (χ3v) is 5.99. The summed E-state index contributed by atoms with van der Waals surface area (Å²) in [7, 11) is 1.60. The van der Waals surface area contributed by atoms with Crippen molar-refractivity contribution in [2.45, 2.75) is 26.7 Å². The van der Waals surface area contributed by atoms with E-state index in [1.54, 1.807) is 18.1 Å². The van der Waals surface area contributed by atoms with E-state index in [9.17, 15) is 9.59 Å². The third-order valence-electron chi connectivity index (χ3n) is 5.99. The van der Waals surface area contributed by atoms with Crippen molar-refractivity contribution in [1.82, 2.24) is 30.6 Å². The van der Waals surface area contributed by atoms with Crippen molar-refractivity contribution < 1.29 is 14.3 Å². The number of para-hydroxylation sites is 1. The van der Waals surface area contributed by atoms with Crippen LogP contribution >= 0.6 is 0 Å². The van der Waals surface area contributed by atoms with Gasteiger partial charge in [-0.05, 0) is 50.5 Å². The molecule has 1 saturated heterocycles. The number of benzene rings is 1. The Morgan fingerprint density at radius 3 is 2.78 bits per heavy atom. The highest BCUT2D eigenvalue weighted by Gasteiger charge is 2.32. The zero-order valence-corrected chi connectivity index (χ0v) is 18.6. The Morgan fingerprint density at radius 2 is 2.03 bits per heavy atom. The van der Waals surface area contributed by atoms with Gasteiger partial charge in [-0.2, -0.15) is 10.2 Å². The first-order valence-electron chi connectivity index (χ1n) is 10.7. The Kier molecular flexibility index (Phi) is 6.25. The predicted molar refractivity (Wildman–Crippen MR) is 119 cm³/mol. The number of hydrogen-bond acceptors (Lipinski definition) is 5. The van der Waals surface area contributed by atoms with Crippen molar-refractivity contribution in [2.75, 3.05) is 26.7 Å². The van der Waals surface area contributed by atoms with Crippen LogP contribution in [0.3, 0.4) is 0 Å². The fourth-order valence-corrected chi connectivity index (χ4v) is 4.15. The lowest BCUT2D eigenvalue weighted by Crippen LogP contribution is -2.35. The lowest BCUT2D eigenvalue weighted by molar-refractivity contribution is -0.124. The van der Waals surface area contributed by atoms with Gasteiger partial charge in [0.2, 0.25) is 5.91 Å². The molecule has 0 spiro atoms. The van der Waals surface area contributed by atoms with Crippen molar-refractivity contribution in [3.8, 4) is 17.0 Å². The van der Waals surface area contributed by atoms with E-state index in [0.717, 1.165) is 28.9 Å². The predicted octanol–water partition coefficient (Wildman–Crippen LogP) is 2.25. The standard InChI is InChI=1S/C23H28N6O3/c1-14-17(15(2)26-25-14)8-10-24-22(30)16-9-11-29(13-16)23(31)20-12-19(27-28-20)18-6-4-5-7-21(18)32-3/h4-7,12,16H,8-11,13H2,1-3H3,(H,24,30)(H,25,26)(H,27,28). The maximum atomic E-state index is 12.9. The van der Waals surface area contributed by atoms with Gasteiger partial charge in [0, 0.05) is 30.9 Å². The number of aromatic nitrogens is 4. The third kappa shape index (κ3) is 4.37. The number of hydrogen-bond donors (Lipinski definition) is 3. The monoisotopic (exact) mass is 436 g/mol. The summed E-state index contributed by atoms with van der Waals surface area (Å²) in [5, 5.41) is 17.3. The molecule has 1 aliphatic heterocycles. The van der Waals surface area contributed by atoms with Gasteiger partial charge >= 0.3 is 0 Å². The molecule has 0 aliphatic carbocycles. The number of aromatic amines is 2. The molecule has 0 radical (unpaired) electrons. The van der Waals surface area contributed by atoms with E-state index in [4.69, 9.17) is 4.74 Å². The highest BCUT2D eigenvalue weighted by atomic mass is 16.5. The van der Waals surface area contributed by atoms with Crippen LogP contribution in [0.1, 0.15) is 33.9 Å². The van der Waals surface area contributed by atoms with Gasteiger partial charge in [-0.3, -0.25) is 19.8 Å². The van der Waals surface area contributed by atoms with Crippen LogP contribution in [-0.4, -0.2) is 63.9 Å². The number of amides is 2. The molecule has 9 heteroatoms. The molecule has 3 aromatic rings. The molecular formula is C23H28N6O3. The topological polar surface area (TPSA) is 116 Å². The molecule has 1 unspecified atom stereocenters. The van der Waals surface area contributed by atoms with Gasteiger partial charge in [0.25, 0.3) is 5.91 Å². The Labute approximate surface area is 186 Å². The first-order valence-corrected chi connectivity index (χ1v) is 10.7. The summed E-state index contributed by atoms with van der Waals surface area (Å²) >= 11 is 0. The fraction of sp³-hybridized carbons (Fsp3) is 0.391. The number of H-pyrrole nitrogens is 2. The van der Waals surface area contributed by atoms with Crippen LogP contribution in [0.25, 0.3) is 11.3 Å². The van der Waals surface area contributed by atoms with Gasteiger partial charge in [0.05, 0.1) is 24.4 Å². The molecule has 0 saturated carbocycles. The van der Waals surface area contributed by atoms with E-state index in [0.29, 0.717) is 43.2 Å². The van der Waals surface area contributed by atoms with Gasteiger partial charge in [-0.1, -0.05) is 12.1 Å². The van der Waals surface area contributed by atoms with Crippen molar-refractivity contribution in [2.24, 2.45) is 5.92 Å². The normalized spacial score (nSPS) is 15.7. The highest BCUT2D eigenvalue weighted by Crippen LogP contribution is 2.29. The van der Waals surface area contributed by atoms with E-state index in [1.165, 1.54) is 0 Å². The molecule has 0 bridgehead atoms. The first kappa shape index (κ1) is 21.6. The summed E-state index contributed by atoms with van der Waals surface area (Å²) in [5.41, 5.74) is 4.98. The van der Waals surface area contributed by atoms with Crippen LogP contribution in [0.2, 0.25) is 0 Å². The molecule has 9 nitrogen and oxygen atoms in total. The zero-order valence-electron chi connectivity index (χ0n) is 18.6. The van der Waals surface area contributed by atoms with Gasteiger partial charge < -0.3 is 15.0 Å². The number of aryl methyl sites for hydroxylation is 2. The summed E-state index contributed by atoms with van der Waals surface area (Å²) in [5.74, 6) is 0.316. The van der Waals surface area contributed by atoms with Gasteiger partial charge in [-0.15, -0.1) is 0 Å². The second-order valence-corrected chi connectivity index (χ2v) is 8.06. The summed E-state index contributed by atoms with van der Waals surface area (Å²) in [6.45, 7) is 5.42. The number of methoxy groups -OCH3 is 1. The number of nitrogens with zero attached hydrogens (tertiary/aromatic N) is 3. The van der Waals surface area contributed by atoms with E-state index in [2.05, 4.69) is 25.7 Å². The van der Waals surface area contributed by atoms with E-state index < -0.39 is 0 Å². The van der Waals surface area contributed by atoms with Crippen molar-refractivity contribution in [1.29, 1.82) is 0 Å². The Hall–Kier alpha value is -3.62. The van der Waals surface area contributed by atoms with E-state index in [-0.39, 0.29) is 17.7 Å². The Bertz CT molecular complexity index is 1100. The second kappa shape index (κ2) is 9.25. The highest BCUT2D eigenvalue weighted by molar-refractivity contribution is 5.94. The van der Waals surface area contributed by atoms with Crippen LogP contribution in [0, 0.1) is 19.8 Å². The number of likely N-dealkylation sites (tertiary alicyclic amines) is 1. The number of nitrogens with one attached hydrogen (secondary N) is 3. The van der Waals surface area contributed by atoms with Crippen LogP contribution in [0.4, 0.5) is 0 Å². The van der Waals surface area contributed by atoms with Crippen LogP contribution < -0.4 is 10.1 Å². The number of rotatable bonds is 7. The minimum atomic E-state index is -0.206. The van der Waals surface area contributed by atoms with Crippen molar-refractivity contribution >= 4 is 11.8 Å². The molecule has 1 aromatic carbocycles. The minimum Gasteiger partial charge on any atom is -0.496 e. The molecular weight excluding hydrogens is 408 g/mol. The zero-order chi connectivity index (χ0) is 22.7. The molecule has 2 aromatic heterocycles.